The van der Waals surface area contributed by atoms with Crippen LogP contribution in [0.2, 0.25) is 0 Å². The van der Waals surface area contributed by atoms with Gasteiger partial charge in [0.25, 0.3) is 11.8 Å². The van der Waals surface area contributed by atoms with Gasteiger partial charge in [-0.15, -0.1) is 0 Å². The van der Waals surface area contributed by atoms with Gasteiger partial charge < -0.3 is 20.9 Å². The fourth-order valence-corrected chi connectivity index (χ4v) is 3.71. The lowest BCUT2D eigenvalue weighted by Gasteiger charge is -2.36. The summed E-state index contributed by atoms with van der Waals surface area (Å²) in [6.45, 7) is 4.41. The summed E-state index contributed by atoms with van der Waals surface area (Å²) in [5, 5.41) is 2.71. The summed E-state index contributed by atoms with van der Waals surface area (Å²) in [6, 6.07) is 6.60. The normalized spacial score (nSPS) is 14.3. The van der Waals surface area contributed by atoms with Crippen molar-refractivity contribution in [3.8, 4) is 0 Å². The Labute approximate surface area is 161 Å². The molecule has 144 valence electrons. The molecule has 0 saturated carbocycles. The molecule has 9 heteroatoms. The smallest absolute Gasteiger partial charge is 0.273 e. The van der Waals surface area contributed by atoms with E-state index in [4.69, 9.17) is 5.73 Å². The molecule has 1 aromatic carbocycles. The predicted molar refractivity (Wildman–Crippen MR) is 104 cm³/mol. The second-order valence-corrected chi connectivity index (χ2v) is 7.03. The summed E-state index contributed by atoms with van der Waals surface area (Å²) >= 11 is 0.939. The molecule has 0 atom stereocenters. The molecule has 1 aliphatic heterocycles. The van der Waals surface area contributed by atoms with Crippen LogP contribution < -0.4 is 16.0 Å². The highest BCUT2D eigenvalue weighted by atomic mass is 32.1. The van der Waals surface area contributed by atoms with Gasteiger partial charge in [-0.2, -0.15) is 4.37 Å². The van der Waals surface area contributed by atoms with Gasteiger partial charge in [-0.1, -0.05) is 19.1 Å². The van der Waals surface area contributed by atoms with Crippen LogP contribution in [0.4, 0.5) is 15.8 Å². The molecule has 27 heavy (non-hydrogen) atoms. The number of nitrogens with two attached hydrogens (primary N) is 1. The van der Waals surface area contributed by atoms with Crippen LogP contribution in [0, 0.1) is 5.82 Å². The maximum absolute atomic E-state index is 13.9. The van der Waals surface area contributed by atoms with Crippen molar-refractivity contribution in [2.75, 3.05) is 43.4 Å². The Balaban J connectivity index is 1.65. The lowest BCUT2D eigenvalue weighted by Crippen LogP contribution is -2.49. The summed E-state index contributed by atoms with van der Waals surface area (Å²) in [7, 11) is 0. The van der Waals surface area contributed by atoms with Crippen molar-refractivity contribution in [1.82, 2.24) is 14.6 Å². The van der Waals surface area contributed by atoms with Gasteiger partial charge in [-0.3, -0.25) is 9.59 Å². The number of amides is 2. The second kappa shape index (κ2) is 8.34. The molecule has 0 aliphatic carbocycles. The Kier molecular flexibility index (Phi) is 5.90. The van der Waals surface area contributed by atoms with Crippen molar-refractivity contribution in [1.29, 1.82) is 0 Å². The molecule has 0 bridgehead atoms. The topological polar surface area (TPSA) is 91.6 Å². The molecule has 3 N–H and O–H groups in total. The monoisotopic (exact) mass is 391 g/mol. The highest BCUT2D eigenvalue weighted by molar-refractivity contribution is 7.09. The molecule has 2 heterocycles. The molecule has 7 nitrogen and oxygen atoms in total. The Bertz CT molecular complexity index is 833. The molecule has 2 amide bonds. The van der Waals surface area contributed by atoms with Gasteiger partial charge >= 0.3 is 0 Å². The Morgan fingerprint density at radius 2 is 1.96 bits per heavy atom. The molecule has 3 rings (SSSR count). The van der Waals surface area contributed by atoms with E-state index in [0.717, 1.165) is 18.0 Å². The van der Waals surface area contributed by atoms with Crippen molar-refractivity contribution in [2.45, 2.75) is 13.3 Å². The summed E-state index contributed by atoms with van der Waals surface area (Å²) in [6.07, 6.45) is 0.799. The van der Waals surface area contributed by atoms with E-state index in [0.29, 0.717) is 38.4 Å². The first kappa shape index (κ1) is 19.1. The minimum absolute atomic E-state index is 0.0989. The number of hydrogen-bond donors (Lipinski definition) is 2. The van der Waals surface area contributed by atoms with Crippen molar-refractivity contribution in [3.05, 3.63) is 40.7 Å². The number of nitrogens with zero attached hydrogens (tertiary/aromatic N) is 3. The number of halogens is 1. The zero-order valence-corrected chi connectivity index (χ0v) is 15.9. The SMILES string of the molecule is CCCNC(=O)c1nsc(C(=O)N2CCN(c3ccccc3F)CC2)c1N. The number of benzene rings is 1. The third-order valence-electron chi connectivity index (χ3n) is 4.43. The zero-order valence-electron chi connectivity index (χ0n) is 15.1. The molecule has 0 radical (unpaired) electrons. The van der Waals surface area contributed by atoms with Crippen LogP contribution in [-0.2, 0) is 0 Å². The largest absolute Gasteiger partial charge is 0.395 e. The van der Waals surface area contributed by atoms with Gasteiger partial charge in [0, 0.05) is 32.7 Å². The van der Waals surface area contributed by atoms with E-state index in [9.17, 15) is 14.0 Å². The number of aromatic nitrogens is 1. The number of nitrogens with one attached hydrogen (secondary N) is 1. The van der Waals surface area contributed by atoms with Crippen LogP contribution in [0.15, 0.2) is 24.3 Å². The summed E-state index contributed by atoms with van der Waals surface area (Å²) in [5.74, 6) is -0.881. The van der Waals surface area contributed by atoms with Gasteiger partial charge in [-0.25, -0.2) is 4.39 Å². The van der Waals surface area contributed by atoms with E-state index in [1.165, 1.54) is 6.07 Å². The fourth-order valence-electron chi connectivity index (χ4n) is 2.94. The van der Waals surface area contributed by atoms with E-state index in [1.54, 1.807) is 23.1 Å². The van der Waals surface area contributed by atoms with Crippen LogP contribution in [0.5, 0.6) is 0 Å². The van der Waals surface area contributed by atoms with Crippen molar-refractivity contribution in [2.24, 2.45) is 0 Å². The minimum atomic E-state index is -0.367. The molecule has 0 spiro atoms. The molecule has 1 saturated heterocycles. The van der Waals surface area contributed by atoms with Crippen molar-refractivity contribution < 1.29 is 14.0 Å². The van der Waals surface area contributed by atoms with E-state index in [2.05, 4.69) is 9.69 Å². The number of nitrogen functional groups attached to an aromatic ring is 1. The van der Waals surface area contributed by atoms with Crippen molar-refractivity contribution in [3.63, 3.8) is 0 Å². The third kappa shape index (κ3) is 4.02. The predicted octanol–water partition coefficient (Wildman–Crippen LogP) is 1.97. The minimum Gasteiger partial charge on any atom is -0.395 e. The van der Waals surface area contributed by atoms with Gasteiger partial charge in [-0.05, 0) is 30.1 Å². The molecule has 1 fully saturated rings. The highest BCUT2D eigenvalue weighted by Crippen LogP contribution is 2.25. The molecule has 1 aromatic heterocycles. The van der Waals surface area contributed by atoms with Gasteiger partial charge in [0.05, 0.1) is 11.4 Å². The number of carbonyl (C=O) groups excluding carboxylic acids is 2. The maximum atomic E-state index is 13.9. The highest BCUT2D eigenvalue weighted by Gasteiger charge is 2.28. The first-order valence-corrected chi connectivity index (χ1v) is 9.62. The average molecular weight is 391 g/mol. The van der Waals surface area contributed by atoms with Crippen LogP contribution in [-0.4, -0.2) is 53.8 Å². The standard InChI is InChI=1S/C18H22FN5O2S/c1-2-7-21-17(25)15-14(20)16(27-22-15)18(26)24-10-8-23(9-11-24)13-6-4-3-5-12(13)19/h3-6H,2,7-11,20H2,1H3,(H,21,25). The third-order valence-corrected chi connectivity index (χ3v) is 5.28. The zero-order chi connectivity index (χ0) is 19.4. The molecule has 1 aliphatic rings. The van der Waals surface area contributed by atoms with E-state index in [-0.39, 0.29) is 33.9 Å². The van der Waals surface area contributed by atoms with Crippen LogP contribution in [0.3, 0.4) is 0 Å². The van der Waals surface area contributed by atoms with Gasteiger partial charge in [0.15, 0.2) is 5.69 Å². The first-order chi connectivity index (χ1) is 13.0. The molecular weight excluding hydrogens is 369 g/mol. The average Bonchev–Trinajstić information content (AvgIpc) is 3.07. The number of rotatable bonds is 5. The lowest BCUT2D eigenvalue weighted by atomic mass is 10.2. The number of piperazine rings is 1. The number of anilines is 2. The van der Waals surface area contributed by atoms with Gasteiger partial charge in [0.2, 0.25) is 0 Å². The van der Waals surface area contributed by atoms with Crippen molar-refractivity contribution >= 4 is 34.7 Å². The lowest BCUT2D eigenvalue weighted by molar-refractivity contribution is 0.0752. The summed E-state index contributed by atoms with van der Waals surface area (Å²) in [5.41, 5.74) is 6.76. The number of carbonyl (C=O) groups is 2. The Hall–Kier alpha value is -2.68. The Morgan fingerprint density at radius 3 is 2.63 bits per heavy atom. The van der Waals surface area contributed by atoms with Crippen LogP contribution in [0.25, 0.3) is 0 Å². The van der Waals surface area contributed by atoms with E-state index >= 15 is 0 Å². The summed E-state index contributed by atoms with van der Waals surface area (Å²) in [4.78, 5) is 28.7. The van der Waals surface area contributed by atoms with Crippen LogP contribution in [0.1, 0.15) is 33.5 Å². The Morgan fingerprint density at radius 1 is 1.26 bits per heavy atom. The summed E-state index contributed by atoms with van der Waals surface area (Å²) < 4.78 is 18.0. The molecule has 0 unspecified atom stereocenters. The number of para-hydroxylation sites is 1. The second-order valence-electron chi connectivity index (χ2n) is 6.26. The molecular formula is C18H22FN5O2S. The van der Waals surface area contributed by atoms with Gasteiger partial charge in [0.1, 0.15) is 10.7 Å². The number of hydrogen-bond acceptors (Lipinski definition) is 6. The van der Waals surface area contributed by atoms with E-state index in [1.807, 2.05) is 11.8 Å². The van der Waals surface area contributed by atoms with E-state index < -0.39 is 0 Å². The van der Waals surface area contributed by atoms with Crippen LogP contribution >= 0.6 is 11.5 Å². The fraction of sp³-hybridized carbons (Fsp3) is 0.389. The first-order valence-electron chi connectivity index (χ1n) is 8.85. The quantitative estimate of drug-likeness (QED) is 0.813. The molecule has 2 aromatic rings. The maximum Gasteiger partial charge on any atom is 0.273 e.